The molecule has 1 saturated heterocycles. The number of aromatic carboxylic acids is 1. The third-order valence-electron chi connectivity index (χ3n) is 2.83. The van der Waals surface area contributed by atoms with E-state index in [1.54, 1.807) is 0 Å². The smallest absolute Gasteiger partial charge is 0.347 e. The van der Waals surface area contributed by atoms with Crippen LogP contribution >= 0.6 is 11.3 Å². The molecule has 1 fully saturated rings. The highest BCUT2D eigenvalue weighted by molar-refractivity contribution is 7.89. The van der Waals surface area contributed by atoms with Gasteiger partial charge in [0.1, 0.15) is 9.77 Å². The lowest BCUT2D eigenvalue weighted by molar-refractivity contribution is 0.0698. The third-order valence-corrected chi connectivity index (χ3v) is 5.77. The van der Waals surface area contributed by atoms with Crippen molar-refractivity contribution in [3.63, 3.8) is 0 Å². The number of carboxylic acids is 1. The van der Waals surface area contributed by atoms with Gasteiger partial charge >= 0.3 is 5.97 Å². The molecule has 0 spiro atoms. The maximum Gasteiger partial charge on any atom is 0.347 e. The minimum absolute atomic E-state index is 0.0795. The van der Waals surface area contributed by atoms with Gasteiger partial charge in [-0.1, -0.05) is 6.92 Å². The zero-order valence-corrected chi connectivity index (χ0v) is 10.9. The van der Waals surface area contributed by atoms with Crippen molar-refractivity contribution in [2.24, 2.45) is 5.92 Å². The first kappa shape index (κ1) is 12.5. The van der Waals surface area contributed by atoms with Crippen LogP contribution in [0.5, 0.6) is 0 Å². The van der Waals surface area contributed by atoms with Crippen LogP contribution in [-0.2, 0) is 10.0 Å². The molecule has 0 radical (unpaired) electrons. The minimum Gasteiger partial charge on any atom is -0.477 e. The average Bonchev–Trinajstić information content (AvgIpc) is 2.84. The Morgan fingerprint density at radius 2 is 2.29 bits per heavy atom. The van der Waals surface area contributed by atoms with Crippen molar-refractivity contribution in [1.82, 2.24) is 4.31 Å². The van der Waals surface area contributed by atoms with Gasteiger partial charge in [0.25, 0.3) is 0 Å². The van der Waals surface area contributed by atoms with E-state index in [0.29, 0.717) is 19.0 Å². The van der Waals surface area contributed by atoms with E-state index in [1.807, 2.05) is 6.92 Å². The predicted molar refractivity (Wildman–Crippen MR) is 63.8 cm³/mol. The van der Waals surface area contributed by atoms with Crippen LogP contribution in [0.25, 0.3) is 0 Å². The molecule has 94 valence electrons. The summed E-state index contributed by atoms with van der Waals surface area (Å²) >= 11 is 0.939. The van der Waals surface area contributed by atoms with Gasteiger partial charge < -0.3 is 5.11 Å². The molecule has 0 aliphatic carbocycles. The lowest BCUT2D eigenvalue weighted by Gasteiger charge is -2.15. The van der Waals surface area contributed by atoms with Gasteiger partial charge in [0.15, 0.2) is 0 Å². The Morgan fingerprint density at radius 3 is 2.82 bits per heavy atom. The molecule has 1 aliphatic rings. The van der Waals surface area contributed by atoms with Gasteiger partial charge in [0.05, 0.1) is 0 Å². The molecule has 1 N–H and O–H groups in total. The summed E-state index contributed by atoms with van der Waals surface area (Å²) in [7, 11) is -3.64. The molecule has 1 atom stereocenters. The second-order valence-corrected chi connectivity index (χ2v) is 7.00. The summed E-state index contributed by atoms with van der Waals surface area (Å²) < 4.78 is 25.8. The van der Waals surface area contributed by atoms with Crippen LogP contribution in [0.4, 0.5) is 0 Å². The number of carboxylic acid groups (broad SMARTS) is 1. The Labute approximate surface area is 104 Å². The normalized spacial score (nSPS) is 21.8. The molecular weight excluding hydrogens is 262 g/mol. The molecule has 0 aromatic carbocycles. The van der Waals surface area contributed by atoms with Crippen molar-refractivity contribution in [2.75, 3.05) is 13.1 Å². The van der Waals surface area contributed by atoms with Gasteiger partial charge in [0, 0.05) is 13.1 Å². The summed E-state index contributed by atoms with van der Waals surface area (Å²) in [6.45, 7) is 2.93. The van der Waals surface area contributed by atoms with Crippen molar-refractivity contribution in [2.45, 2.75) is 18.2 Å². The number of carbonyl (C=O) groups is 1. The SMILES string of the molecule is CC1CCN(S(=O)(=O)c2ccsc2C(=O)O)C1. The van der Waals surface area contributed by atoms with Crippen molar-refractivity contribution in [3.8, 4) is 0 Å². The minimum atomic E-state index is -3.64. The van der Waals surface area contributed by atoms with Crippen molar-refractivity contribution in [3.05, 3.63) is 16.3 Å². The van der Waals surface area contributed by atoms with Gasteiger partial charge in [-0.2, -0.15) is 4.31 Å². The molecule has 5 nitrogen and oxygen atoms in total. The summed E-state index contributed by atoms with van der Waals surface area (Å²) in [5.41, 5.74) is 0. The second kappa shape index (κ2) is 4.40. The largest absolute Gasteiger partial charge is 0.477 e. The molecule has 1 unspecified atom stereocenters. The molecule has 0 saturated carbocycles. The first-order chi connectivity index (χ1) is 7.93. The number of hydrogen-bond acceptors (Lipinski definition) is 4. The van der Waals surface area contributed by atoms with Gasteiger partial charge in [-0.25, -0.2) is 13.2 Å². The molecule has 17 heavy (non-hydrogen) atoms. The Hall–Kier alpha value is -0.920. The van der Waals surface area contributed by atoms with Crippen molar-refractivity contribution < 1.29 is 18.3 Å². The monoisotopic (exact) mass is 275 g/mol. The average molecular weight is 275 g/mol. The number of rotatable bonds is 3. The van der Waals surface area contributed by atoms with Crippen LogP contribution in [0.15, 0.2) is 16.3 Å². The zero-order chi connectivity index (χ0) is 12.6. The molecule has 1 aromatic rings. The lowest BCUT2D eigenvalue weighted by Crippen LogP contribution is -2.29. The third kappa shape index (κ3) is 2.22. The molecule has 2 heterocycles. The standard InChI is InChI=1S/C10H13NO4S2/c1-7-2-4-11(6-7)17(14,15)8-3-5-16-9(8)10(12)13/h3,5,7H,2,4,6H2,1H3,(H,12,13). The molecule has 1 aromatic heterocycles. The molecule has 1 aliphatic heterocycles. The van der Waals surface area contributed by atoms with E-state index in [-0.39, 0.29) is 9.77 Å². The fourth-order valence-electron chi connectivity index (χ4n) is 1.91. The van der Waals surface area contributed by atoms with Crippen LogP contribution in [-0.4, -0.2) is 36.9 Å². The maximum absolute atomic E-state index is 12.2. The van der Waals surface area contributed by atoms with E-state index in [2.05, 4.69) is 0 Å². The first-order valence-electron chi connectivity index (χ1n) is 5.24. The number of nitrogens with zero attached hydrogens (tertiary/aromatic N) is 1. The molecular formula is C10H13NO4S2. The van der Waals surface area contributed by atoms with E-state index < -0.39 is 16.0 Å². The summed E-state index contributed by atoms with van der Waals surface area (Å²) in [4.78, 5) is 10.7. The predicted octanol–water partition coefficient (Wildman–Crippen LogP) is 1.48. The Balaban J connectivity index is 2.38. The first-order valence-corrected chi connectivity index (χ1v) is 7.56. The highest BCUT2D eigenvalue weighted by atomic mass is 32.2. The Bertz CT molecular complexity index is 534. The van der Waals surface area contributed by atoms with Crippen molar-refractivity contribution in [1.29, 1.82) is 0 Å². The van der Waals surface area contributed by atoms with E-state index in [1.165, 1.54) is 15.8 Å². The molecule has 0 amide bonds. The second-order valence-electron chi connectivity index (χ2n) is 4.18. The topological polar surface area (TPSA) is 74.7 Å². The summed E-state index contributed by atoms with van der Waals surface area (Å²) in [6.07, 6.45) is 0.825. The molecule has 7 heteroatoms. The van der Waals surface area contributed by atoms with E-state index in [4.69, 9.17) is 5.11 Å². The van der Waals surface area contributed by atoms with Crippen LogP contribution in [0.1, 0.15) is 23.0 Å². The number of hydrogen-bond donors (Lipinski definition) is 1. The van der Waals surface area contributed by atoms with E-state index in [0.717, 1.165) is 17.8 Å². The van der Waals surface area contributed by atoms with Crippen LogP contribution < -0.4 is 0 Å². The van der Waals surface area contributed by atoms with E-state index in [9.17, 15) is 13.2 Å². The van der Waals surface area contributed by atoms with Gasteiger partial charge in [-0.3, -0.25) is 0 Å². The summed E-state index contributed by atoms with van der Waals surface area (Å²) in [5, 5.41) is 10.4. The van der Waals surface area contributed by atoms with Crippen molar-refractivity contribution >= 4 is 27.3 Å². The number of thiophene rings is 1. The fraction of sp³-hybridized carbons (Fsp3) is 0.500. The van der Waals surface area contributed by atoms with E-state index >= 15 is 0 Å². The fourth-order valence-corrected chi connectivity index (χ4v) is 4.72. The zero-order valence-electron chi connectivity index (χ0n) is 9.29. The quantitative estimate of drug-likeness (QED) is 0.906. The van der Waals surface area contributed by atoms with Gasteiger partial charge in [-0.15, -0.1) is 11.3 Å². The summed E-state index contributed by atoms with van der Waals surface area (Å²) in [6, 6.07) is 1.37. The van der Waals surface area contributed by atoms with Crippen LogP contribution in [0.2, 0.25) is 0 Å². The number of sulfonamides is 1. The lowest BCUT2D eigenvalue weighted by atomic mass is 10.2. The van der Waals surface area contributed by atoms with Gasteiger partial charge in [-0.05, 0) is 23.8 Å². The molecule has 0 bridgehead atoms. The van der Waals surface area contributed by atoms with Crippen LogP contribution in [0, 0.1) is 5.92 Å². The Kier molecular flexibility index (Phi) is 3.24. The summed E-state index contributed by atoms with van der Waals surface area (Å²) in [5.74, 6) is -0.859. The highest BCUT2D eigenvalue weighted by Gasteiger charge is 2.33. The molecule has 2 rings (SSSR count). The Morgan fingerprint density at radius 1 is 1.59 bits per heavy atom. The van der Waals surface area contributed by atoms with Crippen LogP contribution in [0.3, 0.4) is 0 Å². The van der Waals surface area contributed by atoms with Gasteiger partial charge in [0.2, 0.25) is 10.0 Å². The highest BCUT2D eigenvalue weighted by Crippen LogP contribution is 2.28. The maximum atomic E-state index is 12.2.